The minimum atomic E-state index is -0.913. The van der Waals surface area contributed by atoms with Gasteiger partial charge in [0.1, 0.15) is 0 Å². The molecule has 0 saturated carbocycles. The lowest BCUT2D eigenvalue weighted by atomic mass is 10.0. The molecule has 2 unspecified atom stereocenters. The van der Waals surface area contributed by atoms with E-state index in [9.17, 15) is 9.90 Å². The number of hydrogen-bond donors (Lipinski definition) is 3. The van der Waals surface area contributed by atoms with Crippen LogP contribution in [0.1, 0.15) is 30.9 Å². The predicted octanol–water partition coefficient (Wildman–Crippen LogP) is 2.71. The fourth-order valence-corrected chi connectivity index (χ4v) is 2.98. The van der Waals surface area contributed by atoms with Crippen molar-refractivity contribution in [3.05, 3.63) is 33.8 Å². The highest BCUT2D eigenvalue weighted by Gasteiger charge is 2.22. The maximum Gasteiger partial charge on any atom is 0.237 e. The van der Waals surface area contributed by atoms with E-state index < -0.39 is 6.10 Å². The summed E-state index contributed by atoms with van der Waals surface area (Å²) in [7, 11) is 0. The molecule has 0 bridgehead atoms. The average Bonchev–Trinajstić information content (AvgIpc) is 2.45. The number of piperidine rings is 1. The molecule has 21 heavy (non-hydrogen) atoms. The van der Waals surface area contributed by atoms with E-state index in [1.54, 1.807) is 18.2 Å². The van der Waals surface area contributed by atoms with E-state index in [4.69, 9.17) is 23.2 Å². The molecular formula is C14H19Cl3N2O2. The standard InChI is InChI=1S/C14H18Cl2N2O2.ClH/c15-9-4-3-5-10(16)13(9)12(19)8-18-14(20)11-6-1-2-7-17-11;/h3-5,11-12,17,19H,1-2,6-8H2,(H,18,20);1H. The molecule has 4 nitrogen and oxygen atoms in total. The van der Waals surface area contributed by atoms with Crippen LogP contribution in [0.2, 0.25) is 10.0 Å². The van der Waals surface area contributed by atoms with Crippen molar-refractivity contribution < 1.29 is 9.90 Å². The van der Waals surface area contributed by atoms with Gasteiger partial charge in [0.25, 0.3) is 0 Å². The fourth-order valence-electron chi connectivity index (χ4n) is 2.33. The predicted molar refractivity (Wildman–Crippen MR) is 87.3 cm³/mol. The number of hydrogen-bond acceptors (Lipinski definition) is 3. The number of amides is 1. The van der Waals surface area contributed by atoms with Crippen LogP contribution in [0, 0.1) is 0 Å². The van der Waals surface area contributed by atoms with Crippen LogP contribution in [0.25, 0.3) is 0 Å². The molecule has 1 aliphatic heterocycles. The van der Waals surface area contributed by atoms with E-state index in [1.807, 2.05) is 0 Å². The SMILES string of the molecule is Cl.O=C(NCC(O)c1c(Cl)cccc1Cl)C1CCCCN1. The topological polar surface area (TPSA) is 61.4 Å². The Bertz CT molecular complexity index is 459. The van der Waals surface area contributed by atoms with Gasteiger partial charge in [0.05, 0.1) is 12.1 Å². The van der Waals surface area contributed by atoms with Crippen LogP contribution >= 0.6 is 35.6 Å². The Hall–Kier alpha value is -0.520. The highest BCUT2D eigenvalue weighted by molar-refractivity contribution is 6.36. The minimum Gasteiger partial charge on any atom is -0.386 e. The fraction of sp³-hybridized carbons (Fsp3) is 0.500. The normalized spacial score (nSPS) is 19.5. The van der Waals surface area contributed by atoms with Crippen molar-refractivity contribution in [1.29, 1.82) is 0 Å². The number of halogens is 3. The number of aliphatic hydroxyl groups is 1. The summed E-state index contributed by atoms with van der Waals surface area (Å²) in [4.78, 5) is 12.0. The second-order valence-corrected chi connectivity index (χ2v) is 5.71. The van der Waals surface area contributed by atoms with E-state index in [0.29, 0.717) is 15.6 Å². The molecule has 0 aliphatic carbocycles. The first-order chi connectivity index (χ1) is 9.59. The van der Waals surface area contributed by atoms with Gasteiger partial charge in [-0.15, -0.1) is 12.4 Å². The lowest BCUT2D eigenvalue weighted by Gasteiger charge is -2.23. The molecule has 0 aromatic heterocycles. The second-order valence-electron chi connectivity index (χ2n) is 4.90. The third kappa shape index (κ3) is 5.01. The first kappa shape index (κ1) is 18.5. The third-order valence-electron chi connectivity index (χ3n) is 3.43. The maximum absolute atomic E-state index is 12.0. The van der Waals surface area contributed by atoms with Crippen LogP contribution in [0.3, 0.4) is 0 Å². The number of aliphatic hydroxyl groups excluding tert-OH is 1. The van der Waals surface area contributed by atoms with Crippen LogP contribution in [0.4, 0.5) is 0 Å². The van der Waals surface area contributed by atoms with Crippen molar-refractivity contribution in [3.63, 3.8) is 0 Å². The van der Waals surface area contributed by atoms with E-state index in [-0.39, 0.29) is 30.9 Å². The largest absolute Gasteiger partial charge is 0.386 e. The van der Waals surface area contributed by atoms with Gasteiger partial charge < -0.3 is 15.7 Å². The molecule has 1 saturated heterocycles. The van der Waals surface area contributed by atoms with Gasteiger partial charge >= 0.3 is 0 Å². The zero-order chi connectivity index (χ0) is 14.5. The molecular weight excluding hydrogens is 335 g/mol. The summed E-state index contributed by atoms with van der Waals surface area (Å²) in [5.41, 5.74) is 0.452. The van der Waals surface area contributed by atoms with Crippen LogP contribution in [-0.2, 0) is 4.79 Å². The molecule has 1 heterocycles. The summed E-state index contributed by atoms with van der Waals surface area (Å²) < 4.78 is 0. The molecule has 118 valence electrons. The zero-order valence-corrected chi connectivity index (χ0v) is 13.8. The van der Waals surface area contributed by atoms with Crippen molar-refractivity contribution in [2.75, 3.05) is 13.1 Å². The van der Waals surface area contributed by atoms with E-state index in [1.165, 1.54) is 0 Å². The van der Waals surface area contributed by atoms with Gasteiger partial charge in [-0.25, -0.2) is 0 Å². The Morgan fingerprint density at radius 2 is 2.05 bits per heavy atom. The van der Waals surface area contributed by atoms with Crippen molar-refractivity contribution in [3.8, 4) is 0 Å². The molecule has 1 fully saturated rings. The van der Waals surface area contributed by atoms with Crippen LogP contribution in [-0.4, -0.2) is 30.1 Å². The highest BCUT2D eigenvalue weighted by atomic mass is 35.5. The zero-order valence-electron chi connectivity index (χ0n) is 11.4. The summed E-state index contributed by atoms with van der Waals surface area (Å²) in [5, 5.41) is 16.8. The molecule has 3 N–H and O–H groups in total. The molecule has 2 atom stereocenters. The van der Waals surface area contributed by atoms with Crippen molar-refractivity contribution >= 4 is 41.5 Å². The Labute approximate surface area is 140 Å². The summed E-state index contributed by atoms with van der Waals surface area (Å²) in [5.74, 6) is -0.0908. The van der Waals surface area contributed by atoms with E-state index in [0.717, 1.165) is 25.8 Å². The van der Waals surface area contributed by atoms with Gasteiger partial charge in [-0.05, 0) is 31.5 Å². The molecule has 1 aliphatic rings. The lowest BCUT2D eigenvalue weighted by molar-refractivity contribution is -0.124. The maximum atomic E-state index is 12.0. The van der Waals surface area contributed by atoms with E-state index >= 15 is 0 Å². The first-order valence-corrected chi connectivity index (χ1v) is 7.48. The van der Waals surface area contributed by atoms with Crippen molar-refractivity contribution in [1.82, 2.24) is 10.6 Å². The van der Waals surface area contributed by atoms with Gasteiger partial charge in [-0.3, -0.25) is 4.79 Å². The monoisotopic (exact) mass is 352 g/mol. The third-order valence-corrected chi connectivity index (χ3v) is 4.09. The Morgan fingerprint density at radius 3 is 2.62 bits per heavy atom. The summed E-state index contributed by atoms with van der Waals surface area (Å²) >= 11 is 12.0. The van der Waals surface area contributed by atoms with Gasteiger partial charge in [0, 0.05) is 22.2 Å². The van der Waals surface area contributed by atoms with Crippen LogP contribution < -0.4 is 10.6 Å². The molecule has 1 amide bonds. The van der Waals surface area contributed by atoms with E-state index in [2.05, 4.69) is 10.6 Å². The van der Waals surface area contributed by atoms with Gasteiger partial charge in [0.15, 0.2) is 0 Å². The van der Waals surface area contributed by atoms with Gasteiger partial charge in [0.2, 0.25) is 5.91 Å². The number of nitrogens with one attached hydrogen (secondary N) is 2. The van der Waals surface area contributed by atoms with Gasteiger partial charge in [-0.2, -0.15) is 0 Å². The molecule has 0 spiro atoms. The van der Waals surface area contributed by atoms with Crippen molar-refractivity contribution in [2.45, 2.75) is 31.4 Å². The Balaban J connectivity index is 0.00000220. The summed E-state index contributed by atoms with van der Waals surface area (Å²) in [6.45, 7) is 0.956. The smallest absolute Gasteiger partial charge is 0.237 e. The molecule has 1 aromatic rings. The molecule has 0 radical (unpaired) electrons. The van der Waals surface area contributed by atoms with Crippen LogP contribution in [0.5, 0.6) is 0 Å². The number of rotatable bonds is 4. The highest BCUT2D eigenvalue weighted by Crippen LogP contribution is 2.29. The lowest BCUT2D eigenvalue weighted by Crippen LogP contribution is -2.47. The number of carbonyl (C=O) groups excluding carboxylic acids is 1. The second kappa shape index (κ2) is 8.81. The van der Waals surface area contributed by atoms with Gasteiger partial charge in [-0.1, -0.05) is 35.7 Å². The minimum absolute atomic E-state index is 0. The molecule has 2 rings (SSSR count). The quantitative estimate of drug-likeness (QED) is 0.780. The van der Waals surface area contributed by atoms with Crippen molar-refractivity contribution in [2.24, 2.45) is 0 Å². The average molecular weight is 354 g/mol. The summed E-state index contributed by atoms with van der Waals surface area (Å²) in [6, 6.07) is 4.87. The summed E-state index contributed by atoms with van der Waals surface area (Å²) in [6.07, 6.45) is 2.06. The number of carbonyl (C=O) groups is 1. The Morgan fingerprint density at radius 1 is 1.38 bits per heavy atom. The Kier molecular flexibility index (Phi) is 7.77. The number of benzene rings is 1. The van der Waals surface area contributed by atoms with Crippen LogP contribution in [0.15, 0.2) is 18.2 Å². The molecule has 7 heteroatoms. The molecule has 1 aromatic carbocycles. The first-order valence-electron chi connectivity index (χ1n) is 6.72.